The fourth-order valence-electron chi connectivity index (χ4n) is 5.80. The van der Waals surface area contributed by atoms with Gasteiger partial charge >= 0.3 is 0 Å². The molecule has 3 atom stereocenters. The zero-order valence-corrected chi connectivity index (χ0v) is 23.6. The van der Waals surface area contributed by atoms with Crippen LogP contribution in [0.3, 0.4) is 0 Å². The first-order chi connectivity index (χ1) is 18.5. The second-order valence-corrected chi connectivity index (χ2v) is 13.1. The number of aryl methyl sites for hydroxylation is 4. The minimum atomic E-state index is -4.07. The molecule has 0 spiro atoms. The van der Waals surface area contributed by atoms with Crippen molar-refractivity contribution in [2.24, 2.45) is 5.92 Å². The number of aromatic nitrogens is 1. The van der Waals surface area contributed by atoms with Gasteiger partial charge in [-0.3, -0.25) is 9.59 Å². The van der Waals surface area contributed by atoms with Gasteiger partial charge in [0.2, 0.25) is 21.8 Å². The average Bonchev–Trinajstić information content (AvgIpc) is 3.11. The average molecular weight is 558 g/mol. The zero-order valence-electron chi connectivity index (χ0n) is 21.9. The lowest BCUT2D eigenvalue weighted by Gasteiger charge is -2.32. The summed E-state index contributed by atoms with van der Waals surface area (Å²) in [6.45, 7) is 7.42. The fourth-order valence-corrected chi connectivity index (χ4v) is 8.83. The molecule has 1 saturated heterocycles. The van der Waals surface area contributed by atoms with Gasteiger partial charge < -0.3 is 0 Å². The smallest absolute Gasteiger partial charge is 0.248 e. The van der Waals surface area contributed by atoms with Gasteiger partial charge in [-0.15, -0.1) is 0 Å². The molecule has 3 heterocycles. The first-order valence-corrected chi connectivity index (χ1v) is 15.0. The first kappa shape index (κ1) is 25.7. The highest BCUT2D eigenvalue weighted by Crippen LogP contribution is 2.50. The van der Waals surface area contributed by atoms with Crippen molar-refractivity contribution in [3.63, 3.8) is 0 Å². The standard InChI is InChI=1S/C30H27N3O4S2/c1-16-10-11-20-15-22-25(32-39(36,37)27-18(3)12-17(2)13-19(27)4)24-26(38-28(22)31-23(20)14-16)30(35)33(29(24)34)21-8-6-5-7-9-21/h5-15,24-26,32H,1-4H3/t24-,25-,26+/m1/s1. The number of nitrogens with one attached hydrogen (secondary N) is 1. The molecule has 39 heavy (non-hydrogen) atoms. The number of para-hydroxylation sites is 1. The highest BCUT2D eigenvalue weighted by atomic mass is 32.2. The number of hydrogen-bond donors (Lipinski definition) is 1. The quantitative estimate of drug-likeness (QED) is 0.349. The Morgan fingerprint density at radius 2 is 1.54 bits per heavy atom. The van der Waals surface area contributed by atoms with Gasteiger partial charge in [0, 0.05) is 10.9 Å². The van der Waals surface area contributed by atoms with Gasteiger partial charge in [-0.25, -0.2) is 23.0 Å². The van der Waals surface area contributed by atoms with Crippen LogP contribution in [0.2, 0.25) is 0 Å². The number of amides is 2. The molecule has 3 aromatic carbocycles. The van der Waals surface area contributed by atoms with Crippen LogP contribution in [0.4, 0.5) is 5.69 Å². The molecule has 1 N–H and O–H groups in total. The van der Waals surface area contributed by atoms with Crippen LogP contribution in [-0.4, -0.2) is 30.5 Å². The SMILES string of the molecule is Cc1cc(C)c(S(=O)(=O)N[C@@H]2c3cc4ccc(C)cc4nc3S[C@@H]3C(=O)N(c4ccccc4)C(=O)[C@@H]32)c(C)c1. The van der Waals surface area contributed by atoms with Crippen molar-refractivity contribution in [2.45, 2.75) is 48.9 Å². The van der Waals surface area contributed by atoms with Gasteiger partial charge in [0.15, 0.2) is 0 Å². The Morgan fingerprint density at radius 3 is 2.23 bits per heavy atom. The Balaban J connectivity index is 1.52. The number of sulfonamides is 1. The summed E-state index contributed by atoms with van der Waals surface area (Å²) in [7, 11) is -4.07. The summed E-state index contributed by atoms with van der Waals surface area (Å²) in [5, 5.41) is 0.574. The van der Waals surface area contributed by atoms with Crippen LogP contribution < -0.4 is 9.62 Å². The van der Waals surface area contributed by atoms with Gasteiger partial charge in [0.25, 0.3) is 0 Å². The van der Waals surface area contributed by atoms with Gasteiger partial charge in [0.05, 0.1) is 28.1 Å². The summed E-state index contributed by atoms with van der Waals surface area (Å²) in [5.41, 5.74) is 5.06. The Kier molecular flexibility index (Phi) is 6.13. The lowest BCUT2D eigenvalue weighted by atomic mass is 9.91. The molecular weight excluding hydrogens is 530 g/mol. The molecule has 0 saturated carbocycles. The fraction of sp³-hybridized carbons (Fsp3) is 0.233. The zero-order chi connectivity index (χ0) is 27.6. The maximum atomic E-state index is 14.0. The van der Waals surface area contributed by atoms with E-state index in [2.05, 4.69) is 4.72 Å². The Labute approximate surface area is 231 Å². The number of carbonyl (C=O) groups is 2. The lowest BCUT2D eigenvalue weighted by Crippen LogP contribution is -2.42. The van der Waals surface area contributed by atoms with E-state index in [0.717, 1.165) is 22.0 Å². The Hall–Kier alpha value is -3.53. The number of pyridine rings is 1. The van der Waals surface area contributed by atoms with Crippen LogP contribution in [0.5, 0.6) is 0 Å². The minimum absolute atomic E-state index is 0.186. The maximum absolute atomic E-state index is 14.0. The molecule has 2 aliphatic rings. The van der Waals surface area contributed by atoms with Crippen LogP contribution in [0.15, 0.2) is 76.7 Å². The van der Waals surface area contributed by atoms with E-state index in [-0.39, 0.29) is 10.8 Å². The molecule has 0 radical (unpaired) electrons. The molecule has 6 rings (SSSR count). The third-order valence-corrected chi connectivity index (χ3v) is 10.4. The van der Waals surface area contributed by atoms with Crippen molar-refractivity contribution >= 4 is 50.2 Å². The van der Waals surface area contributed by atoms with E-state index in [4.69, 9.17) is 4.98 Å². The van der Waals surface area contributed by atoms with Crippen molar-refractivity contribution in [1.82, 2.24) is 9.71 Å². The summed E-state index contributed by atoms with van der Waals surface area (Å²) in [6.07, 6.45) is 0. The molecule has 0 aliphatic carbocycles. The normalized spacial score (nSPS) is 20.8. The first-order valence-electron chi connectivity index (χ1n) is 12.7. The molecule has 198 valence electrons. The van der Waals surface area contributed by atoms with Crippen LogP contribution >= 0.6 is 11.8 Å². The second kappa shape index (κ2) is 9.29. The maximum Gasteiger partial charge on any atom is 0.248 e. The van der Waals surface area contributed by atoms with E-state index >= 15 is 0 Å². The molecule has 0 bridgehead atoms. The number of imide groups is 1. The van der Waals surface area contributed by atoms with E-state index in [9.17, 15) is 18.0 Å². The number of benzene rings is 3. The van der Waals surface area contributed by atoms with Gasteiger partial charge in [0.1, 0.15) is 10.3 Å². The number of hydrogen-bond acceptors (Lipinski definition) is 6. The molecule has 1 aromatic heterocycles. The number of fused-ring (bicyclic) bond motifs is 3. The largest absolute Gasteiger partial charge is 0.274 e. The molecule has 1 fully saturated rings. The van der Waals surface area contributed by atoms with Gasteiger partial charge in [-0.1, -0.05) is 59.8 Å². The Morgan fingerprint density at radius 1 is 0.846 bits per heavy atom. The summed E-state index contributed by atoms with van der Waals surface area (Å²) in [6, 6.07) is 19.2. The van der Waals surface area contributed by atoms with Crippen LogP contribution in [0.25, 0.3) is 10.9 Å². The summed E-state index contributed by atoms with van der Waals surface area (Å²) in [5.74, 6) is -1.73. The second-order valence-electron chi connectivity index (χ2n) is 10.3. The van der Waals surface area contributed by atoms with Crippen molar-refractivity contribution in [1.29, 1.82) is 0 Å². The number of thioether (sulfide) groups is 1. The predicted octanol–water partition coefficient (Wildman–Crippen LogP) is 5.15. The summed E-state index contributed by atoms with van der Waals surface area (Å²) in [4.78, 5) is 33.8. The van der Waals surface area contributed by atoms with Crippen molar-refractivity contribution < 1.29 is 18.0 Å². The monoisotopic (exact) mass is 557 g/mol. The van der Waals surface area contributed by atoms with Crippen LogP contribution in [0, 0.1) is 33.6 Å². The van der Waals surface area contributed by atoms with E-state index < -0.39 is 33.1 Å². The van der Waals surface area contributed by atoms with Crippen LogP contribution in [0.1, 0.15) is 33.9 Å². The molecule has 0 unspecified atom stereocenters. The van der Waals surface area contributed by atoms with Crippen molar-refractivity contribution in [3.8, 4) is 0 Å². The van der Waals surface area contributed by atoms with Gasteiger partial charge in [-0.2, -0.15) is 0 Å². The number of rotatable bonds is 4. The van der Waals surface area contributed by atoms with E-state index in [0.29, 0.717) is 27.4 Å². The minimum Gasteiger partial charge on any atom is -0.274 e. The third-order valence-electron chi connectivity index (χ3n) is 7.36. The lowest BCUT2D eigenvalue weighted by molar-refractivity contribution is -0.122. The molecule has 7 nitrogen and oxygen atoms in total. The molecule has 2 amide bonds. The summed E-state index contributed by atoms with van der Waals surface area (Å²) >= 11 is 1.23. The molecule has 4 aromatic rings. The topological polar surface area (TPSA) is 96.4 Å². The molecular formula is C30H27N3O4S2. The molecule has 2 aliphatic heterocycles. The van der Waals surface area contributed by atoms with Crippen molar-refractivity contribution in [2.75, 3.05) is 4.90 Å². The number of anilines is 1. The summed E-state index contributed by atoms with van der Waals surface area (Å²) < 4.78 is 30.8. The highest BCUT2D eigenvalue weighted by Gasteiger charge is 2.56. The number of nitrogens with zero attached hydrogens (tertiary/aromatic N) is 2. The van der Waals surface area contributed by atoms with Crippen LogP contribution in [-0.2, 0) is 19.6 Å². The van der Waals surface area contributed by atoms with E-state index in [1.54, 1.807) is 38.1 Å². The van der Waals surface area contributed by atoms with Crippen molar-refractivity contribution in [3.05, 3.63) is 94.5 Å². The van der Waals surface area contributed by atoms with Gasteiger partial charge in [-0.05, 0) is 68.7 Å². The third kappa shape index (κ3) is 4.25. The predicted molar refractivity (Wildman–Crippen MR) is 152 cm³/mol. The van der Waals surface area contributed by atoms with E-state index in [1.807, 2.05) is 56.3 Å². The highest BCUT2D eigenvalue weighted by molar-refractivity contribution is 8.00. The number of carbonyl (C=O) groups excluding carboxylic acids is 2. The molecule has 9 heteroatoms. The van der Waals surface area contributed by atoms with E-state index in [1.165, 1.54) is 16.7 Å². The Bertz CT molecular complexity index is 1760.